The van der Waals surface area contributed by atoms with Crippen LogP contribution in [0.15, 0.2) is 59.5 Å². The molecule has 0 aliphatic carbocycles. The van der Waals surface area contributed by atoms with Crippen LogP contribution >= 0.6 is 11.8 Å². The van der Waals surface area contributed by atoms with Crippen molar-refractivity contribution in [2.24, 2.45) is 0 Å². The minimum absolute atomic E-state index is 0.0229. The first-order chi connectivity index (χ1) is 12.5. The molecule has 1 fully saturated rings. The monoisotopic (exact) mass is 390 g/mol. The number of carbonyl (C=O) groups excluding carboxylic acids is 1. The lowest BCUT2D eigenvalue weighted by atomic mass is 10.1. The maximum absolute atomic E-state index is 13.0. The van der Waals surface area contributed by atoms with Crippen molar-refractivity contribution in [2.75, 3.05) is 34.5 Å². The van der Waals surface area contributed by atoms with Gasteiger partial charge >= 0.3 is 0 Å². The third-order valence-electron chi connectivity index (χ3n) is 4.41. The predicted octanol–water partition coefficient (Wildman–Crippen LogP) is 3.04. The van der Waals surface area contributed by atoms with Gasteiger partial charge in [0, 0.05) is 16.3 Å². The zero-order chi connectivity index (χ0) is 18.6. The first kappa shape index (κ1) is 18.8. The molecule has 1 N–H and O–H groups in total. The van der Waals surface area contributed by atoms with Gasteiger partial charge in [0.15, 0.2) is 9.84 Å². The van der Waals surface area contributed by atoms with E-state index in [0.29, 0.717) is 6.42 Å². The summed E-state index contributed by atoms with van der Waals surface area (Å²) in [5.41, 5.74) is 1.64. The number of carbonyl (C=O) groups is 1. The van der Waals surface area contributed by atoms with Crippen molar-refractivity contribution in [2.45, 2.75) is 17.4 Å². The fraction of sp³-hybridized carbons (Fsp3) is 0.316. The van der Waals surface area contributed by atoms with Crippen LogP contribution in [0, 0.1) is 0 Å². The van der Waals surface area contributed by atoms with Crippen molar-refractivity contribution in [1.82, 2.24) is 0 Å². The molecule has 1 amide bonds. The smallest absolute Gasteiger partial charge is 0.246 e. The van der Waals surface area contributed by atoms with E-state index in [2.05, 4.69) is 5.32 Å². The Morgan fingerprint density at radius 1 is 1.15 bits per heavy atom. The second-order valence-corrected chi connectivity index (χ2v) is 9.29. The highest BCUT2D eigenvalue weighted by Gasteiger charge is 2.35. The molecule has 2 aromatic carbocycles. The number of hydrogen-bond donors (Lipinski definition) is 1. The summed E-state index contributed by atoms with van der Waals surface area (Å²) < 4.78 is 23.8. The van der Waals surface area contributed by atoms with Gasteiger partial charge in [0.25, 0.3) is 0 Å². The first-order valence-corrected chi connectivity index (χ1v) is 11.5. The molecule has 1 aliphatic rings. The molecule has 138 valence electrons. The lowest BCUT2D eigenvalue weighted by molar-refractivity contribution is -0.117. The molecule has 0 unspecified atom stereocenters. The van der Waals surface area contributed by atoms with E-state index in [9.17, 15) is 13.2 Å². The van der Waals surface area contributed by atoms with Gasteiger partial charge in [-0.2, -0.15) is 0 Å². The minimum Gasteiger partial charge on any atom is -0.375 e. The van der Waals surface area contributed by atoms with E-state index in [-0.39, 0.29) is 30.0 Å². The standard InChI is InChI=1S/C19H22N2O3S2/c1-25-18-10-6-5-9-17(18)20-13-19(22)21(15-7-3-2-4-8-15)16-11-12-26(23,24)14-16/h2-10,16,20H,11-14H2,1H3/t16-/m0/s1. The molecular weight excluding hydrogens is 368 g/mol. The predicted molar refractivity (Wildman–Crippen MR) is 108 cm³/mol. The van der Waals surface area contributed by atoms with Crippen LogP contribution in [0.2, 0.25) is 0 Å². The van der Waals surface area contributed by atoms with Gasteiger partial charge in [-0.05, 0) is 36.9 Å². The Morgan fingerprint density at radius 3 is 2.50 bits per heavy atom. The summed E-state index contributed by atoms with van der Waals surface area (Å²) in [5, 5.41) is 3.20. The van der Waals surface area contributed by atoms with Crippen LogP contribution in [0.1, 0.15) is 6.42 Å². The van der Waals surface area contributed by atoms with Crippen molar-refractivity contribution < 1.29 is 13.2 Å². The quantitative estimate of drug-likeness (QED) is 0.768. The lowest BCUT2D eigenvalue weighted by Gasteiger charge is -2.29. The van der Waals surface area contributed by atoms with E-state index in [1.165, 1.54) is 0 Å². The summed E-state index contributed by atoms with van der Waals surface area (Å²) in [6.45, 7) is 0.114. The molecule has 0 aromatic heterocycles. The number of anilines is 2. The Hall–Kier alpha value is -1.99. The largest absolute Gasteiger partial charge is 0.375 e. The molecule has 1 aliphatic heterocycles. The zero-order valence-electron chi connectivity index (χ0n) is 14.6. The molecule has 1 heterocycles. The molecule has 0 radical (unpaired) electrons. The number of nitrogens with zero attached hydrogens (tertiary/aromatic N) is 1. The summed E-state index contributed by atoms with van der Waals surface area (Å²) in [6, 6.07) is 16.8. The van der Waals surface area contributed by atoms with Gasteiger partial charge in [-0.15, -0.1) is 11.8 Å². The maximum atomic E-state index is 13.0. The molecule has 1 atom stereocenters. The summed E-state index contributed by atoms with van der Waals surface area (Å²) in [4.78, 5) is 15.7. The van der Waals surface area contributed by atoms with Crippen molar-refractivity contribution >= 4 is 38.9 Å². The summed E-state index contributed by atoms with van der Waals surface area (Å²) in [5.74, 6) is 0.0284. The van der Waals surface area contributed by atoms with Crippen molar-refractivity contribution in [3.8, 4) is 0 Å². The van der Waals surface area contributed by atoms with Crippen molar-refractivity contribution in [3.63, 3.8) is 0 Å². The molecule has 3 rings (SSSR count). The normalized spacial score (nSPS) is 18.4. The van der Waals surface area contributed by atoms with E-state index >= 15 is 0 Å². The van der Waals surface area contributed by atoms with Gasteiger partial charge in [0.2, 0.25) is 5.91 Å². The summed E-state index contributed by atoms with van der Waals surface area (Å²) in [6.07, 6.45) is 2.46. The third kappa shape index (κ3) is 4.40. The van der Waals surface area contributed by atoms with Crippen LogP contribution in [-0.4, -0.2) is 44.7 Å². The van der Waals surface area contributed by atoms with E-state index in [0.717, 1.165) is 16.3 Å². The maximum Gasteiger partial charge on any atom is 0.246 e. The van der Waals surface area contributed by atoms with Crippen molar-refractivity contribution in [1.29, 1.82) is 0 Å². The highest BCUT2D eigenvalue weighted by molar-refractivity contribution is 7.98. The number of para-hydroxylation sites is 2. The molecular formula is C19H22N2O3S2. The first-order valence-electron chi connectivity index (χ1n) is 8.44. The van der Waals surface area contributed by atoms with Gasteiger partial charge in [-0.25, -0.2) is 8.42 Å². The van der Waals surface area contributed by atoms with Gasteiger partial charge in [-0.3, -0.25) is 4.79 Å². The molecule has 2 aromatic rings. The fourth-order valence-electron chi connectivity index (χ4n) is 3.17. The Kier molecular flexibility index (Phi) is 5.88. The van der Waals surface area contributed by atoms with Crippen LogP contribution in [0.3, 0.4) is 0 Å². The number of nitrogens with one attached hydrogen (secondary N) is 1. The van der Waals surface area contributed by atoms with Gasteiger partial charge in [0.05, 0.1) is 24.1 Å². The van der Waals surface area contributed by atoms with E-state index in [1.54, 1.807) is 16.7 Å². The van der Waals surface area contributed by atoms with Crippen molar-refractivity contribution in [3.05, 3.63) is 54.6 Å². The van der Waals surface area contributed by atoms with Crippen LogP contribution in [0.25, 0.3) is 0 Å². The Morgan fingerprint density at radius 2 is 1.85 bits per heavy atom. The molecule has 1 saturated heterocycles. The third-order valence-corrected chi connectivity index (χ3v) is 6.96. The zero-order valence-corrected chi connectivity index (χ0v) is 16.2. The Balaban J connectivity index is 1.79. The highest BCUT2D eigenvalue weighted by atomic mass is 32.2. The molecule has 26 heavy (non-hydrogen) atoms. The molecule has 0 saturated carbocycles. The Bertz CT molecular complexity index is 869. The summed E-state index contributed by atoms with van der Waals surface area (Å²) >= 11 is 1.61. The van der Waals surface area contributed by atoms with E-state index < -0.39 is 9.84 Å². The molecule has 7 heteroatoms. The number of sulfone groups is 1. The van der Waals surface area contributed by atoms with Crippen LogP contribution in [0.5, 0.6) is 0 Å². The van der Waals surface area contributed by atoms with Gasteiger partial charge < -0.3 is 10.2 Å². The molecule has 5 nitrogen and oxygen atoms in total. The number of thioether (sulfide) groups is 1. The van der Waals surface area contributed by atoms with Gasteiger partial charge in [-0.1, -0.05) is 30.3 Å². The lowest BCUT2D eigenvalue weighted by Crippen LogP contribution is -2.44. The average molecular weight is 391 g/mol. The number of benzene rings is 2. The minimum atomic E-state index is -3.08. The van der Waals surface area contributed by atoms with Crippen LogP contribution in [0.4, 0.5) is 11.4 Å². The van der Waals surface area contributed by atoms with Gasteiger partial charge in [0.1, 0.15) is 0 Å². The van der Waals surface area contributed by atoms with Crippen LogP contribution in [-0.2, 0) is 14.6 Å². The van der Waals surface area contributed by atoms with E-state index in [1.807, 2.05) is 60.9 Å². The topological polar surface area (TPSA) is 66.5 Å². The van der Waals surface area contributed by atoms with Crippen LogP contribution < -0.4 is 10.2 Å². The number of hydrogen-bond acceptors (Lipinski definition) is 5. The second kappa shape index (κ2) is 8.14. The second-order valence-electron chi connectivity index (χ2n) is 6.21. The van der Waals surface area contributed by atoms with E-state index in [4.69, 9.17) is 0 Å². The summed E-state index contributed by atoms with van der Waals surface area (Å²) in [7, 11) is -3.08. The number of amides is 1. The average Bonchev–Trinajstić information content (AvgIpc) is 3.00. The highest BCUT2D eigenvalue weighted by Crippen LogP contribution is 2.26. The molecule has 0 spiro atoms. The SMILES string of the molecule is CSc1ccccc1NCC(=O)N(c1ccccc1)[C@H]1CCS(=O)(=O)C1. The Labute approximate surface area is 158 Å². The molecule has 0 bridgehead atoms. The number of rotatable bonds is 6. The fourth-order valence-corrected chi connectivity index (χ4v) is 5.45.